The molecule has 0 fully saturated rings. The molecule has 0 aliphatic rings. The van der Waals surface area contributed by atoms with Gasteiger partial charge in [-0.2, -0.15) is 5.10 Å². The third kappa shape index (κ3) is 2.41. The van der Waals surface area contributed by atoms with Crippen LogP contribution in [0.1, 0.15) is 16.1 Å². The monoisotopic (exact) mass is 234 g/mol. The smallest absolute Gasteiger partial charge is 0.271 e. The Balaban J connectivity index is 2.25. The van der Waals surface area contributed by atoms with E-state index in [4.69, 9.17) is 11.5 Å². The molecule has 1 amide bonds. The van der Waals surface area contributed by atoms with E-state index < -0.39 is 5.91 Å². The molecule has 0 radical (unpaired) electrons. The van der Waals surface area contributed by atoms with Crippen molar-refractivity contribution in [3.63, 3.8) is 0 Å². The molecule has 88 valence electrons. The zero-order valence-corrected chi connectivity index (χ0v) is 8.93. The van der Waals surface area contributed by atoms with Crippen molar-refractivity contribution >= 4 is 11.6 Å². The zero-order chi connectivity index (χ0) is 12.4. The van der Waals surface area contributed by atoms with Crippen LogP contribution in [0.2, 0.25) is 0 Å². The number of anilines is 1. The Hall–Kier alpha value is -2.37. The number of nitrogens with zero attached hydrogens (tertiary/aromatic N) is 2. The molecule has 1 aromatic carbocycles. The lowest BCUT2D eigenvalue weighted by molar-refractivity contribution is 0.0995. The molecule has 0 unspecified atom stereocenters. The van der Waals surface area contributed by atoms with Gasteiger partial charge in [0.05, 0.1) is 12.2 Å². The van der Waals surface area contributed by atoms with E-state index in [0.717, 1.165) is 5.56 Å². The Morgan fingerprint density at radius 1 is 1.47 bits per heavy atom. The fraction of sp³-hybridized carbons (Fsp3) is 0.0909. The minimum atomic E-state index is -0.680. The van der Waals surface area contributed by atoms with Crippen LogP contribution < -0.4 is 11.5 Å². The minimum absolute atomic E-state index is 0.0291. The number of hydrogen-bond acceptors (Lipinski definition) is 3. The topological polar surface area (TPSA) is 86.9 Å². The van der Waals surface area contributed by atoms with E-state index in [0.29, 0.717) is 6.54 Å². The van der Waals surface area contributed by atoms with Gasteiger partial charge in [-0.25, -0.2) is 4.39 Å². The lowest BCUT2D eigenvalue weighted by Crippen LogP contribution is -2.14. The first-order chi connectivity index (χ1) is 8.06. The predicted molar refractivity (Wildman–Crippen MR) is 60.7 cm³/mol. The molecular formula is C11H11FN4O. The van der Waals surface area contributed by atoms with E-state index in [9.17, 15) is 9.18 Å². The molecule has 5 nitrogen and oxygen atoms in total. The molecule has 0 bridgehead atoms. The Labute approximate surface area is 96.8 Å². The fourth-order valence-electron chi connectivity index (χ4n) is 1.53. The first kappa shape index (κ1) is 11.1. The highest BCUT2D eigenvalue weighted by molar-refractivity contribution is 5.95. The molecule has 0 aliphatic carbocycles. The van der Waals surface area contributed by atoms with Crippen molar-refractivity contribution in [3.05, 3.63) is 47.5 Å². The second-order valence-electron chi connectivity index (χ2n) is 3.62. The van der Waals surface area contributed by atoms with Crippen molar-refractivity contribution in [3.8, 4) is 0 Å². The Kier molecular flexibility index (Phi) is 2.78. The molecular weight excluding hydrogens is 223 g/mol. The van der Waals surface area contributed by atoms with Crippen molar-refractivity contribution in [2.45, 2.75) is 6.54 Å². The van der Waals surface area contributed by atoms with E-state index in [1.165, 1.54) is 23.0 Å². The van der Waals surface area contributed by atoms with Gasteiger partial charge in [0.2, 0.25) is 0 Å². The first-order valence-corrected chi connectivity index (χ1v) is 4.93. The summed E-state index contributed by atoms with van der Waals surface area (Å²) in [6, 6.07) is 6.11. The van der Waals surface area contributed by atoms with Crippen molar-refractivity contribution in [2.75, 3.05) is 5.73 Å². The Bertz CT molecular complexity index is 564. The number of nitrogen functional groups attached to an aromatic ring is 1. The predicted octanol–water partition coefficient (Wildman–Crippen LogP) is 0.752. The molecule has 0 spiro atoms. The summed E-state index contributed by atoms with van der Waals surface area (Å²) >= 11 is 0. The number of nitrogens with two attached hydrogens (primary N) is 2. The van der Waals surface area contributed by atoms with Gasteiger partial charge in [0.1, 0.15) is 5.82 Å². The number of primary amides is 1. The van der Waals surface area contributed by atoms with Crippen LogP contribution in [-0.4, -0.2) is 15.7 Å². The molecule has 1 aromatic heterocycles. The van der Waals surface area contributed by atoms with E-state index in [2.05, 4.69) is 5.10 Å². The number of benzene rings is 1. The highest BCUT2D eigenvalue weighted by Gasteiger charge is 2.11. The lowest BCUT2D eigenvalue weighted by atomic mass is 10.2. The van der Waals surface area contributed by atoms with Crippen molar-refractivity contribution in [2.24, 2.45) is 5.73 Å². The van der Waals surface area contributed by atoms with Gasteiger partial charge < -0.3 is 11.5 Å². The average Bonchev–Trinajstić information content (AvgIpc) is 2.59. The number of rotatable bonds is 3. The van der Waals surface area contributed by atoms with Crippen LogP contribution in [0.5, 0.6) is 0 Å². The molecule has 17 heavy (non-hydrogen) atoms. The van der Waals surface area contributed by atoms with Crippen LogP contribution in [0.3, 0.4) is 0 Å². The number of amides is 1. The number of carbonyl (C=O) groups is 1. The Morgan fingerprint density at radius 2 is 2.24 bits per heavy atom. The van der Waals surface area contributed by atoms with Crippen LogP contribution in [0.15, 0.2) is 30.5 Å². The van der Waals surface area contributed by atoms with E-state index in [-0.39, 0.29) is 17.2 Å². The normalized spacial score (nSPS) is 10.4. The molecule has 4 N–H and O–H groups in total. The van der Waals surface area contributed by atoms with Crippen molar-refractivity contribution < 1.29 is 9.18 Å². The second-order valence-corrected chi connectivity index (χ2v) is 3.62. The standard InChI is InChI=1S/C11H11FN4O/c12-8-3-1-2-7(4-8)5-16-6-9(13)10(15-16)11(14)17/h1-4,6H,5,13H2,(H2,14,17). The van der Waals surface area contributed by atoms with Gasteiger partial charge in [-0.1, -0.05) is 12.1 Å². The summed E-state index contributed by atoms with van der Waals surface area (Å²) in [5, 5.41) is 3.93. The maximum atomic E-state index is 13.0. The average molecular weight is 234 g/mol. The molecule has 6 heteroatoms. The molecule has 2 aromatic rings. The molecule has 0 saturated carbocycles. The highest BCUT2D eigenvalue weighted by atomic mass is 19.1. The number of hydrogen-bond donors (Lipinski definition) is 2. The van der Waals surface area contributed by atoms with Gasteiger partial charge in [-0.15, -0.1) is 0 Å². The molecule has 1 heterocycles. The van der Waals surface area contributed by atoms with Gasteiger partial charge in [0.25, 0.3) is 5.91 Å². The Morgan fingerprint density at radius 3 is 2.82 bits per heavy atom. The maximum Gasteiger partial charge on any atom is 0.271 e. The van der Waals surface area contributed by atoms with E-state index in [1.54, 1.807) is 12.1 Å². The van der Waals surface area contributed by atoms with Gasteiger partial charge in [0, 0.05) is 6.20 Å². The third-order valence-corrected chi connectivity index (χ3v) is 2.26. The van der Waals surface area contributed by atoms with Crippen LogP contribution in [-0.2, 0) is 6.54 Å². The molecule has 0 aliphatic heterocycles. The van der Waals surface area contributed by atoms with Crippen LogP contribution in [0, 0.1) is 5.82 Å². The summed E-state index contributed by atoms with van der Waals surface area (Å²) in [5.41, 5.74) is 11.6. The van der Waals surface area contributed by atoms with Gasteiger partial charge in [0.15, 0.2) is 5.69 Å². The van der Waals surface area contributed by atoms with Crippen molar-refractivity contribution in [1.29, 1.82) is 0 Å². The lowest BCUT2D eigenvalue weighted by Gasteiger charge is -2.01. The third-order valence-electron chi connectivity index (χ3n) is 2.26. The summed E-state index contributed by atoms with van der Waals surface area (Å²) < 4.78 is 14.4. The van der Waals surface area contributed by atoms with E-state index >= 15 is 0 Å². The first-order valence-electron chi connectivity index (χ1n) is 4.93. The van der Waals surface area contributed by atoms with Gasteiger partial charge in [-0.3, -0.25) is 9.48 Å². The summed E-state index contributed by atoms with van der Waals surface area (Å²) in [5.74, 6) is -1.00. The summed E-state index contributed by atoms with van der Waals surface area (Å²) in [6.45, 7) is 0.329. The molecule has 0 atom stereocenters. The minimum Gasteiger partial charge on any atom is -0.396 e. The summed E-state index contributed by atoms with van der Waals surface area (Å²) in [7, 11) is 0. The quantitative estimate of drug-likeness (QED) is 0.821. The van der Waals surface area contributed by atoms with Crippen LogP contribution in [0.4, 0.5) is 10.1 Å². The van der Waals surface area contributed by atoms with Gasteiger partial charge >= 0.3 is 0 Å². The van der Waals surface area contributed by atoms with Crippen LogP contribution >= 0.6 is 0 Å². The zero-order valence-electron chi connectivity index (χ0n) is 8.93. The number of aromatic nitrogens is 2. The summed E-state index contributed by atoms with van der Waals surface area (Å²) in [6.07, 6.45) is 1.49. The fourth-order valence-corrected chi connectivity index (χ4v) is 1.53. The molecule has 2 rings (SSSR count). The summed E-state index contributed by atoms with van der Waals surface area (Å²) in [4.78, 5) is 10.9. The van der Waals surface area contributed by atoms with E-state index in [1.807, 2.05) is 0 Å². The second kappa shape index (κ2) is 4.25. The SMILES string of the molecule is NC(=O)c1nn(Cc2cccc(F)c2)cc1N. The number of halogens is 1. The molecule has 0 saturated heterocycles. The van der Waals surface area contributed by atoms with Crippen molar-refractivity contribution in [1.82, 2.24) is 9.78 Å². The highest BCUT2D eigenvalue weighted by Crippen LogP contribution is 2.11. The number of carbonyl (C=O) groups excluding carboxylic acids is 1. The van der Waals surface area contributed by atoms with Gasteiger partial charge in [-0.05, 0) is 17.7 Å². The largest absolute Gasteiger partial charge is 0.396 e. The maximum absolute atomic E-state index is 13.0. The van der Waals surface area contributed by atoms with Crippen LogP contribution in [0.25, 0.3) is 0 Å².